The molecule has 1 fully saturated rings. The van der Waals surface area contributed by atoms with E-state index in [1.54, 1.807) is 12.1 Å². The van der Waals surface area contributed by atoms with Crippen LogP contribution in [0.5, 0.6) is 0 Å². The minimum Gasteiger partial charge on any atom is -0.293 e. The van der Waals surface area contributed by atoms with Gasteiger partial charge in [-0.2, -0.15) is 18.2 Å². The fraction of sp³-hybridized carbons (Fsp3) is 0.294. The number of hydroxylamine groups is 2. The molecule has 1 saturated heterocycles. The minimum absolute atomic E-state index is 0.00584. The zero-order chi connectivity index (χ0) is 16.5. The van der Waals surface area contributed by atoms with Gasteiger partial charge in [0.25, 0.3) is 0 Å². The van der Waals surface area contributed by atoms with Gasteiger partial charge in [-0.1, -0.05) is 42.5 Å². The molecule has 0 N–H and O–H groups in total. The van der Waals surface area contributed by atoms with Crippen LogP contribution in [-0.2, 0) is 17.0 Å². The summed E-state index contributed by atoms with van der Waals surface area (Å²) in [6.45, 7) is 0.390. The number of halogens is 4. The summed E-state index contributed by atoms with van der Waals surface area (Å²) in [6, 6.07) is 15.7. The fourth-order valence-corrected chi connectivity index (χ4v) is 3.15. The van der Waals surface area contributed by atoms with Crippen molar-refractivity contribution >= 4 is 22.6 Å². The standard InChI is InChI=1S/C17H15F3INO/c18-17(19,20)16(14-6-8-15(21)9-7-14)10-11-22(16)23-12-13-4-2-1-3-5-13/h1-9H,10-12H2. The number of benzene rings is 2. The molecule has 3 rings (SSSR count). The highest BCUT2D eigenvalue weighted by Crippen LogP contribution is 2.52. The third-order valence-electron chi connectivity index (χ3n) is 4.12. The van der Waals surface area contributed by atoms with Crippen LogP contribution in [0, 0.1) is 3.57 Å². The number of nitrogens with zero attached hydrogens (tertiary/aromatic N) is 1. The summed E-state index contributed by atoms with van der Waals surface area (Å²) in [5.41, 5.74) is -0.977. The largest absolute Gasteiger partial charge is 0.413 e. The molecular formula is C17H15F3INO. The first-order valence-electron chi connectivity index (χ1n) is 7.21. The van der Waals surface area contributed by atoms with E-state index in [1.807, 2.05) is 30.3 Å². The quantitative estimate of drug-likeness (QED) is 0.638. The fourth-order valence-electron chi connectivity index (χ4n) is 2.79. The summed E-state index contributed by atoms with van der Waals surface area (Å²) in [7, 11) is 0. The summed E-state index contributed by atoms with van der Waals surface area (Å²) < 4.78 is 42.3. The van der Waals surface area contributed by atoms with Crippen molar-refractivity contribution in [2.24, 2.45) is 0 Å². The van der Waals surface area contributed by atoms with Gasteiger partial charge in [-0.15, -0.1) is 0 Å². The lowest BCUT2D eigenvalue weighted by Crippen LogP contribution is -2.64. The summed E-state index contributed by atoms with van der Waals surface area (Å²) in [5, 5.41) is 1.07. The number of alkyl halides is 3. The zero-order valence-corrected chi connectivity index (χ0v) is 14.3. The van der Waals surface area contributed by atoms with E-state index in [-0.39, 0.29) is 25.1 Å². The van der Waals surface area contributed by atoms with E-state index in [0.29, 0.717) is 0 Å². The summed E-state index contributed by atoms with van der Waals surface area (Å²) in [6.07, 6.45) is -4.39. The Morgan fingerprint density at radius 1 is 1.04 bits per heavy atom. The first-order chi connectivity index (χ1) is 10.9. The predicted molar refractivity (Wildman–Crippen MR) is 89.4 cm³/mol. The van der Waals surface area contributed by atoms with Gasteiger partial charge in [0.1, 0.15) is 0 Å². The summed E-state index contributed by atoms with van der Waals surface area (Å²) in [4.78, 5) is 5.50. The molecule has 0 radical (unpaired) electrons. The van der Waals surface area contributed by atoms with Crippen molar-refractivity contribution in [3.8, 4) is 0 Å². The lowest BCUT2D eigenvalue weighted by molar-refractivity contribution is -0.377. The smallest absolute Gasteiger partial charge is 0.293 e. The second kappa shape index (κ2) is 6.41. The molecule has 2 aromatic rings. The van der Waals surface area contributed by atoms with Crippen molar-refractivity contribution in [2.75, 3.05) is 6.54 Å². The van der Waals surface area contributed by atoms with E-state index < -0.39 is 11.7 Å². The first-order valence-corrected chi connectivity index (χ1v) is 8.28. The molecule has 0 aliphatic carbocycles. The molecule has 23 heavy (non-hydrogen) atoms. The summed E-state index contributed by atoms with van der Waals surface area (Å²) >= 11 is 2.08. The average molecular weight is 433 g/mol. The van der Waals surface area contributed by atoms with Crippen molar-refractivity contribution in [3.05, 3.63) is 69.3 Å². The van der Waals surface area contributed by atoms with Crippen molar-refractivity contribution in [1.82, 2.24) is 5.06 Å². The molecule has 0 spiro atoms. The third-order valence-corrected chi connectivity index (χ3v) is 4.84. The minimum atomic E-state index is -4.39. The van der Waals surface area contributed by atoms with Crippen LogP contribution in [0.3, 0.4) is 0 Å². The molecule has 122 valence electrons. The van der Waals surface area contributed by atoms with E-state index in [1.165, 1.54) is 12.1 Å². The van der Waals surface area contributed by atoms with Crippen LogP contribution in [-0.4, -0.2) is 17.8 Å². The highest BCUT2D eigenvalue weighted by atomic mass is 127. The molecule has 1 aliphatic heterocycles. The Labute approximate surface area is 146 Å². The van der Waals surface area contributed by atoms with Crippen molar-refractivity contribution in [1.29, 1.82) is 0 Å². The second-order valence-corrected chi connectivity index (χ2v) is 6.72. The van der Waals surface area contributed by atoms with E-state index in [4.69, 9.17) is 4.84 Å². The molecule has 6 heteroatoms. The summed E-state index contributed by atoms with van der Waals surface area (Å²) in [5.74, 6) is 0. The van der Waals surface area contributed by atoms with Crippen LogP contribution in [0.4, 0.5) is 13.2 Å². The molecule has 1 unspecified atom stereocenters. The van der Waals surface area contributed by atoms with E-state index in [9.17, 15) is 13.2 Å². The number of hydrogen-bond acceptors (Lipinski definition) is 2. The van der Waals surface area contributed by atoms with Crippen molar-refractivity contribution < 1.29 is 18.0 Å². The Hall–Kier alpha value is -1.12. The Kier molecular flexibility index (Phi) is 4.66. The number of hydrogen-bond donors (Lipinski definition) is 0. The van der Waals surface area contributed by atoms with Crippen molar-refractivity contribution in [2.45, 2.75) is 24.7 Å². The molecular weight excluding hydrogens is 418 g/mol. The van der Waals surface area contributed by atoms with Crippen LogP contribution in [0.15, 0.2) is 54.6 Å². The zero-order valence-electron chi connectivity index (χ0n) is 12.2. The second-order valence-electron chi connectivity index (χ2n) is 5.48. The maximum Gasteiger partial charge on any atom is 0.413 e. The van der Waals surface area contributed by atoms with Gasteiger partial charge >= 0.3 is 6.18 Å². The lowest BCUT2D eigenvalue weighted by Gasteiger charge is -2.52. The maximum absolute atomic E-state index is 13.8. The third kappa shape index (κ3) is 3.12. The normalized spacial score (nSPS) is 21.9. The first kappa shape index (κ1) is 16.7. The molecule has 0 amide bonds. The molecule has 2 aromatic carbocycles. The topological polar surface area (TPSA) is 12.5 Å². The van der Waals surface area contributed by atoms with Gasteiger partial charge in [-0.3, -0.25) is 4.84 Å². The highest BCUT2D eigenvalue weighted by molar-refractivity contribution is 14.1. The molecule has 1 heterocycles. The lowest BCUT2D eigenvalue weighted by atomic mass is 9.79. The van der Waals surface area contributed by atoms with Crippen LogP contribution < -0.4 is 0 Å². The SMILES string of the molecule is FC(F)(F)C1(c2ccc(I)cc2)CCN1OCc1ccccc1. The van der Waals surface area contributed by atoms with Gasteiger partial charge in [0, 0.05) is 10.1 Å². The highest BCUT2D eigenvalue weighted by Gasteiger charge is 2.65. The number of rotatable bonds is 4. The monoisotopic (exact) mass is 433 g/mol. The average Bonchev–Trinajstić information content (AvgIpc) is 2.48. The van der Waals surface area contributed by atoms with Crippen LogP contribution >= 0.6 is 22.6 Å². The molecule has 2 nitrogen and oxygen atoms in total. The van der Waals surface area contributed by atoms with Gasteiger partial charge in [-0.25, -0.2) is 0 Å². The molecule has 1 aliphatic rings. The van der Waals surface area contributed by atoms with Crippen LogP contribution in [0.25, 0.3) is 0 Å². The Morgan fingerprint density at radius 3 is 2.22 bits per heavy atom. The van der Waals surface area contributed by atoms with Gasteiger partial charge in [0.05, 0.1) is 6.61 Å². The van der Waals surface area contributed by atoms with Gasteiger partial charge in [0.15, 0.2) is 5.54 Å². The van der Waals surface area contributed by atoms with E-state index in [0.717, 1.165) is 14.2 Å². The van der Waals surface area contributed by atoms with E-state index >= 15 is 0 Å². The van der Waals surface area contributed by atoms with E-state index in [2.05, 4.69) is 22.6 Å². The molecule has 0 saturated carbocycles. The van der Waals surface area contributed by atoms with Crippen molar-refractivity contribution in [3.63, 3.8) is 0 Å². The predicted octanol–water partition coefficient (Wildman–Crippen LogP) is 4.89. The van der Waals surface area contributed by atoms with Gasteiger partial charge in [0.2, 0.25) is 0 Å². The van der Waals surface area contributed by atoms with Crippen LogP contribution in [0.1, 0.15) is 17.5 Å². The Morgan fingerprint density at radius 2 is 1.70 bits per heavy atom. The van der Waals surface area contributed by atoms with Gasteiger partial charge in [-0.05, 0) is 52.3 Å². The Bertz CT molecular complexity index is 660. The maximum atomic E-state index is 13.8. The molecule has 0 bridgehead atoms. The molecule has 1 atom stereocenters. The van der Waals surface area contributed by atoms with Crippen LogP contribution in [0.2, 0.25) is 0 Å². The molecule has 0 aromatic heterocycles. The van der Waals surface area contributed by atoms with Gasteiger partial charge < -0.3 is 0 Å². The Balaban J connectivity index is 1.84.